The number of carboxylic acid groups (broad SMARTS) is 1. The molecule has 0 fully saturated rings. The highest BCUT2D eigenvalue weighted by Crippen LogP contribution is 2.26. The molecule has 15 rings (SSSR count). The number of benzene rings is 6. The normalized spacial score (nSPS) is 10.9. The Hall–Kier alpha value is -12.1. The Morgan fingerprint density at radius 3 is 1.01 bits per heavy atom. The predicted molar refractivity (Wildman–Crippen MR) is 397 cm³/mol. The van der Waals surface area contributed by atoms with Gasteiger partial charge in [-0.15, -0.1) is 0 Å². The van der Waals surface area contributed by atoms with Crippen molar-refractivity contribution in [2.45, 2.75) is 38.9 Å². The van der Waals surface area contributed by atoms with Crippen LogP contribution in [0, 0.1) is 0 Å². The van der Waals surface area contributed by atoms with Gasteiger partial charge in [-0.1, -0.05) is 89.4 Å². The maximum atomic E-state index is 12.8. The van der Waals surface area contributed by atoms with Crippen LogP contribution in [0.25, 0.3) is 65.0 Å². The molecule has 0 aliphatic heterocycles. The fourth-order valence-corrected chi connectivity index (χ4v) is 11.7. The van der Waals surface area contributed by atoms with E-state index in [1.54, 1.807) is 67.8 Å². The SMILES string of the molecule is NCc1ccc2c(N)nccc2c1.Nc1nccc2cc(CNC(=O)c3ccnc(Cc4ccc5ncc(Cl)cc5c4)c3)ccc12.Nc1nccc2cc(CNC(=O)c3ccnc(Cc4ccc5ncc(Cl)cc5c4)c3)ccc12.O=C(O)c1ccnc(Cc2ccc3ncc(Cl)cc3c2)c1. The number of pyridine rings is 9. The first kappa shape index (κ1) is 67.8. The number of hydrogen-bond donors (Lipinski definition) is 7. The van der Waals surface area contributed by atoms with E-state index in [4.69, 9.17) is 62.8 Å². The van der Waals surface area contributed by atoms with Crippen LogP contribution in [-0.4, -0.2) is 67.7 Å². The first-order valence-corrected chi connectivity index (χ1v) is 32.5. The number of nitrogens with two attached hydrogens (primary N) is 4. The number of aromatic carboxylic acids is 1. The average Bonchev–Trinajstić information content (AvgIpc) is 0.853. The highest BCUT2D eigenvalue weighted by molar-refractivity contribution is 6.31. The monoisotopic (exact) mass is 1380 g/mol. The lowest BCUT2D eigenvalue weighted by Gasteiger charge is -2.09. The van der Waals surface area contributed by atoms with Crippen molar-refractivity contribution in [1.29, 1.82) is 0 Å². The zero-order valence-corrected chi connectivity index (χ0v) is 55.7. The molecule has 0 unspecified atom stereocenters. The van der Waals surface area contributed by atoms with Crippen LogP contribution in [0.4, 0.5) is 17.5 Å². The van der Waals surface area contributed by atoms with Gasteiger partial charge in [0.2, 0.25) is 0 Å². The molecule has 0 aliphatic carbocycles. The standard InChI is InChI=1S/2C26H20ClN5O.C16H11ClN2O2.C10H11N3/c2*27-21-12-20-9-16(2-4-24(20)31-15-21)11-22-13-19(6-7-29-22)26(33)32-14-17-1-3-23-18(10-17)5-8-30-25(23)28;17-13-7-12-5-10(1-2-15(12)19-9-13)6-14-8-11(16(20)21)3-4-18-14;11-6-7-1-2-9-8(5-7)3-4-13-10(9)12/h2*1-10,12-13,15H,11,14H2,(H2,28,30)(H,32,33);1-5,7-9H,6H2,(H,20,21);1-5H,6,11H2,(H2,12,13). The van der Waals surface area contributed by atoms with E-state index in [9.17, 15) is 14.4 Å². The van der Waals surface area contributed by atoms with Gasteiger partial charge in [-0.25, -0.2) is 19.7 Å². The molecule has 0 radical (unpaired) electrons. The summed E-state index contributed by atoms with van der Waals surface area (Å²) >= 11 is 18.1. The van der Waals surface area contributed by atoms with Gasteiger partial charge >= 0.3 is 5.97 Å². The van der Waals surface area contributed by atoms with Gasteiger partial charge in [0.25, 0.3) is 11.8 Å². The van der Waals surface area contributed by atoms with Gasteiger partial charge in [-0.05, 0) is 177 Å². The lowest BCUT2D eigenvalue weighted by Crippen LogP contribution is -2.23. The molecule has 6 aromatic carbocycles. The third-order valence-corrected chi connectivity index (χ3v) is 16.9. The van der Waals surface area contributed by atoms with Crippen LogP contribution in [0.3, 0.4) is 0 Å². The zero-order chi connectivity index (χ0) is 69.7. The number of rotatable bonds is 14. The van der Waals surface area contributed by atoms with Crippen molar-refractivity contribution in [2.24, 2.45) is 5.73 Å². The van der Waals surface area contributed by atoms with Crippen LogP contribution in [0.5, 0.6) is 0 Å². The molecule has 11 N–H and O–H groups in total. The maximum Gasteiger partial charge on any atom is 0.335 e. The molecule has 15 aromatic rings. The number of carbonyl (C=O) groups is 3. The van der Waals surface area contributed by atoms with Crippen molar-refractivity contribution in [3.63, 3.8) is 0 Å². The molecule has 494 valence electrons. The first-order chi connectivity index (χ1) is 48.5. The molecule has 9 heterocycles. The zero-order valence-electron chi connectivity index (χ0n) is 53.4. The molecule has 22 heteroatoms. The number of nitrogens with zero attached hydrogens (tertiary/aromatic N) is 9. The number of hydrogen-bond acceptors (Lipinski definition) is 16. The Labute approximate surface area is 588 Å². The number of amides is 2. The van der Waals surface area contributed by atoms with Crippen molar-refractivity contribution in [2.75, 3.05) is 17.2 Å². The molecule has 100 heavy (non-hydrogen) atoms. The van der Waals surface area contributed by atoms with E-state index < -0.39 is 5.97 Å². The van der Waals surface area contributed by atoms with Gasteiger partial charge in [-0.3, -0.25) is 39.5 Å². The second-order valence-corrected chi connectivity index (χ2v) is 24.6. The molecule has 0 spiro atoms. The molecule has 9 aromatic heterocycles. The minimum absolute atomic E-state index is 0.150. The van der Waals surface area contributed by atoms with E-state index >= 15 is 0 Å². The largest absolute Gasteiger partial charge is 0.478 e. The summed E-state index contributed by atoms with van der Waals surface area (Å²) in [5.41, 5.74) is 35.7. The van der Waals surface area contributed by atoms with E-state index in [1.165, 1.54) is 12.3 Å². The average molecular weight is 1380 g/mol. The highest BCUT2D eigenvalue weighted by atomic mass is 35.5. The highest BCUT2D eigenvalue weighted by Gasteiger charge is 2.13. The van der Waals surface area contributed by atoms with Gasteiger partial charge in [0, 0.05) is 155 Å². The van der Waals surface area contributed by atoms with E-state index in [0.717, 1.165) is 110 Å². The van der Waals surface area contributed by atoms with E-state index in [1.807, 2.05) is 158 Å². The molecule has 0 saturated heterocycles. The summed E-state index contributed by atoms with van der Waals surface area (Å²) in [6, 6.07) is 57.2. The van der Waals surface area contributed by atoms with E-state index in [2.05, 4.69) is 55.5 Å². The molecule has 2 amide bonds. The Balaban J connectivity index is 0.000000133. The summed E-state index contributed by atoms with van der Waals surface area (Å²) in [4.78, 5) is 74.7. The fraction of sp³-hybridized carbons (Fsp3) is 0.0769. The molecular weight excluding hydrogens is 1320 g/mol. The second-order valence-electron chi connectivity index (χ2n) is 23.3. The van der Waals surface area contributed by atoms with Gasteiger partial charge < -0.3 is 38.7 Å². The van der Waals surface area contributed by atoms with Crippen LogP contribution < -0.4 is 33.6 Å². The molecule has 0 atom stereocenters. The number of anilines is 3. The Morgan fingerprint density at radius 1 is 0.340 bits per heavy atom. The van der Waals surface area contributed by atoms with Crippen LogP contribution in [0.15, 0.2) is 238 Å². The third kappa shape index (κ3) is 17.3. The summed E-state index contributed by atoms with van der Waals surface area (Å²) in [7, 11) is 0. The smallest absolute Gasteiger partial charge is 0.335 e. The topological polar surface area (TPSA) is 316 Å². The molecular formula is C78H62Cl3N15O4. The molecule has 19 nitrogen and oxygen atoms in total. The lowest BCUT2D eigenvalue weighted by molar-refractivity contribution is 0.0696. The quantitative estimate of drug-likeness (QED) is 0.0532. The first-order valence-electron chi connectivity index (χ1n) is 31.4. The molecule has 0 bridgehead atoms. The van der Waals surface area contributed by atoms with Crippen molar-refractivity contribution in [1.82, 2.24) is 55.5 Å². The van der Waals surface area contributed by atoms with Crippen LogP contribution in [-0.2, 0) is 38.9 Å². The predicted octanol–water partition coefficient (Wildman–Crippen LogP) is 14.7. The van der Waals surface area contributed by atoms with Crippen LogP contribution in [0.2, 0.25) is 15.1 Å². The Kier molecular flexibility index (Phi) is 21.3. The number of nitrogens with one attached hydrogen (secondary N) is 2. The van der Waals surface area contributed by atoms with Gasteiger partial charge in [0.05, 0.1) is 37.2 Å². The Bertz CT molecular complexity index is 5350. The fourth-order valence-electron chi connectivity index (χ4n) is 11.2. The summed E-state index contributed by atoms with van der Waals surface area (Å²) in [5, 5.41) is 25.5. The summed E-state index contributed by atoms with van der Waals surface area (Å²) in [5.74, 6) is 0.315. The van der Waals surface area contributed by atoms with E-state index in [0.29, 0.717) is 88.2 Å². The van der Waals surface area contributed by atoms with Crippen LogP contribution >= 0.6 is 34.8 Å². The number of fused-ring (bicyclic) bond motifs is 6. The maximum absolute atomic E-state index is 12.8. The van der Waals surface area contributed by atoms with Crippen molar-refractivity contribution >= 4 is 135 Å². The van der Waals surface area contributed by atoms with Gasteiger partial charge in [-0.2, -0.15) is 0 Å². The van der Waals surface area contributed by atoms with Crippen LogP contribution in [0.1, 0.15) is 81.5 Å². The van der Waals surface area contributed by atoms with Crippen molar-refractivity contribution < 1.29 is 19.5 Å². The number of carboxylic acids is 1. The number of aromatic nitrogens is 9. The minimum atomic E-state index is -0.951. The summed E-state index contributed by atoms with van der Waals surface area (Å²) in [6.07, 6.45) is 16.5. The summed E-state index contributed by atoms with van der Waals surface area (Å²) < 4.78 is 0. The molecule has 0 aliphatic rings. The summed E-state index contributed by atoms with van der Waals surface area (Å²) in [6.45, 7) is 1.37. The number of halogens is 3. The Morgan fingerprint density at radius 2 is 0.650 bits per heavy atom. The number of nitrogen functional groups attached to an aromatic ring is 3. The lowest BCUT2D eigenvalue weighted by atomic mass is 10.0. The van der Waals surface area contributed by atoms with Gasteiger partial charge in [0.15, 0.2) is 0 Å². The number of carbonyl (C=O) groups excluding carboxylic acids is 2. The minimum Gasteiger partial charge on any atom is -0.478 e. The van der Waals surface area contributed by atoms with E-state index in [-0.39, 0.29) is 17.4 Å². The van der Waals surface area contributed by atoms with Crippen molar-refractivity contribution in [3.8, 4) is 0 Å². The van der Waals surface area contributed by atoms with Crippen molar-refractivity contribution in [3.05, 3.63) is 320 Å². The third-order valence-electron chi connectivity index (χ3n) is 16.2. The van der Waals surface area contributed by atoms with Gasteiger partial charge in [0.1, 0.15) is 17.5 Å². The molecule has 0 saturated carbocycles. The second kappa shape index (κ2) is 31.4.